The quantitative estimate of drug-likeness (QED) is 0.907. The van der Waals surface area contributed by atoms with Crippen LogP contribution in [0.4, 0.5) is 0 Å². The predicted octanol–water partition coefficient (Wildman–Crippen LogP) is 3.03. The van der Waals surface area contributed by atoms with Gasteiger partial charge in [-0.1, -0.05) is 6.92 Å². The fraction of sp³-hybridized carbons (Fsp3) is 0.333. The first-order chi connectivity index (χ1) is 8.11. The highest BCUT2D eigenvalue weighted by Gasteiger charge is 2.12. The van der Waals surface area contributed by atoms with Crippen LogP contribution < -0.4 is 0 Å². The number of carbonyl (C=O) groups is 1. The molecule has 5 heteroatoms. The Kier molecular flexibility index (Phi) is 3.28. The summed E-state index contributed by atoms with van der Waals surface area (Å²) in [5.41, 5.74) is 2.31. The molecule has 1 N–H and O–H groups in total. The number of hydrogen-bond donors (Lipinski definition) is 1. The maximum atomic E-state index is 10.8. The van der Waals surface area contributed by atoms with Gasteiger partial charge in [0.1, 0.15) is 0 Å². The van der Waals surface area contributed by atoms with Crippen LogP contribution in [0.1, 0.15) is 29.4 Å². The fourth-order valence-electron chi connectivity index (χ4n) is 1.69. The number of aromatic nitrogens is 2. The molecule has 0 spiro atoms. The Morgan fingerprint density at radius 1 is 1.59 bits per heavy atom. The molecular formula is C12H14N2O2S. The van der Waals surface area contributed by atoms with Crippen LogP contribution in [0, 0.1) is 6.92 Å². The van der Waals surface area contributed by atoms with Gasteiger partial charge >= 0.3 is 5.97 Å². The van der Waals surface area contributed by atoms with Gasteiger partial charge in [0, 0.05) is 28.6 Å². The molecule has 90 valence electrons. The molecule has 0 bridgehead atoms. The Hall–Kier alpha value is -1.62. The van der Waals surface area contributed by atoms with Crippen LogP contribution in [0.15, 0.2) is 17.6 Å². The summed E-state index contributed by atoms with van der Waals surface area (Å²) in [7, 11) is 0. The first-order valence-electron chi connectivity index (χ1n) is 5.48. The summed E-state index contributed by atoms with van der Waals surface area (Å²) < 4.78 is 1.91. The molecule has 0 aliphatic heterocycles. The van der Waals surface area contributed by atoms with Crippen molar-refractivity contribution in [2.24, 2.45) is 0 Å². The third kappa shape index (κ3) is 2.39. The van der Waals surface area contributed by atoms with Gasteiger partial charge in [0.15, 0.2) is 0 Å². The highest BCUT2D eigenvalue weighted by molar-refractivity contribution is 7.13. The Morgan fingerprint density at radius 3 is 2.94 bits per heavy atom. The number of aromatic carboxylic acids is 1. The molecule has 17 heavy (non-hydrogen) atoms. The zero-order valence-electron chi connectivity index (χ0n) is 9.80. The van der Waals surface area contributed by atoms with Crippen LogP contribution in [0.3, 0.4) is 0 Å². The molecule has 2 heterocycles. The molecule has 0 atom stereocenters. The van der Waals surface area contributed by atoms with Gasteiger partial charge < -0.3 is 5.11 Å². The van der Waals surface area contributed by atoms with Crippen molar-refractivity contribution in [3.63, 3.8) is 0 Å². The largest absolute Gasteiger partial charge is 0.478 e. The van der Waals surface area contributed by atoms with Crippen LogP contribution >= 0.6 is 11.3 Å². The van der Waals surface area contributed by atoms with Crippen molar-refractivity contribution in [2.45, 2.75) is 26.8 Å². The van der Waals surface area contributed by atoms with Crippen LogP contribution in [-0.2, 0) is 6.54 Å². The molecule has 0 aliphatic carbocycles. The topological polar surface area (TPSA) is 55.1 Å². The van der Waals surface area contributed by atoms with Gasteiger partial charge in [-0.15, -0.1) is 11.3 Å². The predicted molar refractivity (Wildman–Crippen MR) is 67.5 cm³/mol. The van der Waals surface area contributed by atoms with E-state index in [0.717, 1.165) is 29.1 Å². The molecular weight excluding hydrogens is 236 g/mol. The van der Waals surface area contributed by atoms with E-state index in [2.05, 4.69) is 12.0 Å². The zero-order valence-corrected chi connectivity index (χ0v) is 10.6. The highest BCUT2D eigenvalue weighted by Crippen LogP contribution is 2.29. The maximum Gasteiger partial charge on any atom is 0.336 e. The highest BCUT2D eigenvalue weighted by atomic mass is 32.1. The fourth-order valence-corrected chi connectivity index (χ4v) is 2.64. The summed E-state index contributed by atoms with van der Waals surface area (Å²) in [6, 6.07) is 1.70. The number of nitrogens with zero attached hydrogens (tertiary/aromatic N) is 2. The lowest BCUT2D eigenvalue weighted by molar-refractivity contribution is 0.0697. The minimum absolute atomic E-state index is 0.340. The van der Waals surface area contributed by atoms with Crippen LogP contribution in [0.5, 0.6) is 0 Å². The average Bonchev–Trinajstić information content (AvgIpc) is 2.85. The number of carboxylic acid groups (broad SMARTS) is 1. The molecule has 0 amide bonds. The van der Waals surface area contributed by atoms with Gasteiger partial charge in [-0.2, -0.15) is 5.10 Å². The van der Waals surface area contributed by atoms with Gasteiger partial charge in [0.2, 0.25) is 0 Å². The Balaban J connectivity index is 2.34. The van der Waals surface area contributed by atoms with E-state index in [-0.39, 0.29) is 0 Å². The number of rotatable bonds is 4. The van der Waals surface area contributed by atoms with Crippen LogP contribution in [0.25, 0.3) is 10.4 Å². The molecule has 0 saturated heterocycles. The van der Waals surface area contributed by atoms with Gasteiger partial charge in [-0.05, 0) is 19.4 Å². The lowest BCUT2D eigenvalue weighted by atomic mass is 10.2. The number of hydrogen-bond acceptors (Lipinski definition) is 3. The van der Waals surface area contributed by atoms with Crippen LogP contribution in [-0.4, -0.2) is 20.9 Å². The van der Waals surface area contributed by atoms with E-state index in [1.165, 1.54) is 11.3 Å². The molecule has 2 aromatic heterocycles. The second kappa shape index (κ2) is 4.71. The van der Waals surface area contributed by atoms with Crippen molar-refractivity contribution in [3.05, 3.63) is 28.9 Å². The van der Waals surface area contributed by atoms with Gasteiger partial charge in [-0.25, -0.2) is 4.79 Å². The summed E-state index contributed by atoms with van der Waals surface area (Å²) >= 11 is 1.44. The molecule has 0 saturated carbocycles. The van der Waals surface area contributed by atoms with Gasteiger partial charge in [-0.3, -0.25) is 4.68 Å². The van der Waals surface area contributed by atoms with Crippen LogP contribution in [0.2, 0.25) is 0 Å². The molecule has 2 aromatic rings. The van der Waals surface area contributed by atoms with Gasteiger partial charge in [0.05, 0.1) is 11.3 Å². The molecule has 0 aromatic carbocycles. The van der Waals surface area contributed by atoms with E-state index in [4.69, 9.17) is 5.11 Å². The lowest BCUT2D eigenvalue weighted by Crippen LogP contribution is -1.96. The van der Waals surface area contributed by atoms with Crippen molar-refractivity contribution in [3.8, 4) is 10.4 Å². The third-order valence-electron chi connectivity index (χ3n) is 2.51. The molecule has 0 unspecified atom stereocenters. The van der Waals surface area contributed by atoms with E-state index in [0.29, 0.717) is 5.56 Å². The minimum Gasteiger partial charge on any atom is -0.478 e. The zero-order chi connectivity index (χ0) is 12.4. The van der Waals surface area contributed by atoms with E-state index in [9.17, 15) is 4.79 Å². The van der Waals surface area contributed by atoms with E-state index >= 15 is 0 Å². The van der Waals surface area contributed by atoms with Crippen molar-refractivity contribution in [2.75, 3.05) is 0 Å². The lowest BCUT2D eigenvalue weighted by Gasteiger charge is -1.94. The Morgan fingerprint density at radius 2 is 2.35 bits per heavy atom. The smallest absolute Gasteiger partial charge is 0.336 e. The second-order valence-electron chi connectivity index (χ2n) is 3.90. The first kappa shape index (κ1) is 11.9. The summed E-state index contributed by atoms with van der Waals surface area (Å²) in [6.45, 7) is 4.93. The van der Waals surface area contributed by atoms with Crippen molar-refractivity contribution < 1.29 is 9.90 Å². The SMILES string of the molecule is CCCn1cc(-c2cc(C(=O)O)cs2)c(C)n1. The second-order valence-corrected chi connectivity index (χ2v) is 4.81. The summed E-state index contributed by atoms with van der Waals surface area (Å²) in [6.07, 6.45) is 3.02. The normalized spacial score (nSPS) is 10.7. The molecule has 0 fully saturated rings. The minimum atomic E-state index is -0.883. The average molecular weight is 250 g/mol. The molecule has 0 aliphatic rings. The monoisotopic (exact) mass is 250 g/mol. The van der Waals surface area contributed by atoms with Crippen molar-refractivity contribution in [1.82, 2.24) is 9.78 Å². The van der Waals surface area contributed by atoms with E-state index < -0.39 is 5.97 Å². The molecule has 4 nitrogen and oxygen atoms in total. The molecule has 2 rings (SSSR count). The Bertz CT molecular complexity index is 542. The number of carboxylic acids is 1. The van der Waals surface area contributed by atoms with E-state index in [1.54, 1.807) is 11.4 Å². The first-order valence-corrected chi connectivity index (χ1v) is 6.36. The maximum absolute atomic E-state index is 10.8. The summed E-state index contributed by atoms with van der Waals surface area (Å²) in [4.78, 5) is 11.8. The summed E-state index contributed by atoms with van der Waals surface area (Å²) in [5, 5.41) is 15.0. The van der Waals surface area contributed by atoms with Crippen molar-refractivity contribution >= 4 is 17.3 Å². The molecule has 0 radical (unpaired) electrons. The third-order valence-corrected chi connectivity index (χ3v) is 3.47. The summed E-state index contributed by atoms with van der Waals surface area (Å²) in [5.74, 6) is -0.883. The number of aryl methyl sites for hydroxylation is 2. The van der Waals surface area contributed by atoms with Crippen molar-refractivity contribution in [1.29, 1.82) is 0 Å². The van der Waals surface area contributed by atoms with Gasteiger partial charge in [0.25, 0.3) is 0 Å². The Labute approximate surface area is 104 Å². The standard InChI is InChI=1S/C12H14N2O2S/c1-3-4-14-6-10(8(2)13-14)11-5-9(7-17-11)12(15)16/h5-7H,3-4H2,1-2H3,(H,15,16). The number of thiophene rings is 1. The van der Waals surface area contributed by atoms with E-state index in [1.807, 2.05) is 17.8 Å².